The zero-order chi connectivity index (χ0) is 15.4. The molecule has 1 aliphatic heterocycles. The van der Waals surface area contributed by atoms with Gasteiger partial charge in [0.1, 0.15) is 5.82 Å². The molecule has 2 aromatic rings. The summed E-state index contributed by atoms with van der Waals surface area (Å²) < 4.78 is 26.2. The van der Waals surface area contributed by atoms with Gasteiger partial charge in [-0.05, 0) is 55.8 Å². The van der Waals surface area contributed by atoms with Crippen molar-refractivity contribution in [2.24, 2.45) is 5.92 Å². The third-order valence-corrected chi connectivity index (χ3v) is 4.36. The number of piperidine rings is 1. The number of nitrogens with one attached hydrogen (secondary N) is 1. The number of imidazole rings is 1. The molecule has 2 heterocycles. The van der Waals surface area contributed by atoms with Crippen LogP contribution in [-0.2, 0) is 13.0 Å². The van der Waals surface area contributed by atoms with Crippen LogP contribution in [-0.4, -0.2) is 28.0 Å². The monoisotopic (exact) mass is 305 g/mol. The van der Waals surface area contributed by atoms with Crippen molar-refractivity contribution in [2.75, 3.05) is 13.1 Å². The first-order valence-corrected chi connectivity index (χ1v) is 7.85. The maximum Gasteiger partial charge on any atom is 0.159 e. The topological polar surface area (TPSA) is 31.9 Å². The summed E-state index contributed by atoms with van der Waals surface area (Å²) in [4.78, 5) is 9.83. The van der Waals surface area contributed by atoms with E-state index in [1.807, 2.05) is 6.20 Å². The van der Waals surface area contributed by atoms with Crippen LogP contribution >= 0.6 is 0 Å². The molecule has 3 rings (SSSR count). The molecule has 1 aromatic carbocycles. The number of nitrogens with zero attached hydrogens (tertiary/aromatic N) is 2. The summed E-state index contributed by atoms with van der Waals surface area (Å²) in [5.41, 5.74) is 0.877. The molecule has 1 aromatic heterocycles. The molecule has 0 saturated carbocycles. The average molecular weight is 305 g/mol. The van der Waals surface area contributed by atoms with Crippen LogP contribution in [0.25, 0.3) is 0 Å². The van der Waals surface area contributed by atoms with E-state index in [-0.39, 0.29) is 0 Å². The Morgan fingerprint density at radius 1 is 1.27 bits per heavy atom. The van der Waals surface area contributed by atoms with Gasteiger partial charge in [-0.3, -0.25) is 4.90 Å². The summed E-state index contributed by atoms with van der Waals surface area (Å²) in [7, 11) is 0. The first-order chi connectivity index (χ1) is 10.7. The Balaban J connectivity index is 1.50. The predicted octanol–water partition coefficient (Wildman–Crippen LogP) is 3.53. The summed E-state index contributed by atoms with van der Waals surface area (Å²) in [6.45, 7) is 3.00. The van der Waals surface area contributed by atoms with Gasteiger partial charge in [0.2, 0.25) is 0 Å². The largest absolute Gasteiger partial charge is 0.348 e. The van der Waals surface area contributed by atoms with Gasteiger partial charge >= 0.3 is 0 Å². The molecule has 1 aliphatic rings. The first kappa shape index (κ1) is 15.2. The second-order valence-electron chi connectivity index (χ2n) is 6.07. The van der Waals surface area contributed by atoms with Crippen LogP contribution in [0.3, 0.4) is 0 Å². The highest BCUT2D eigenvalue weighted by molar-refractivity contribution is 5.17. The van der Waals surface area contributed by atoms with Crippen molar-refractivity contribution in [2.45, 2.75) is 32.2 Å². The van der Waals surface area contributed by atoms with Crippen molar-refractivity contribution in [1.82, 2.24) is 14.9 Å². The van der Waals surface area contributed by atoms with E-state index in [4.69, 9.17) is 0 Å². The molecule has 0 bridgehead atoms. The lowest BCUT2D eigenvalue weighted by Gasteiger charge is -2.32. The number of hydrogen-bond acceptors (Lipinski definition) is 2. The van der Waals surface area contributed by atoms with Gasteiger partial charge in [0.15, 0.2) is 11.6 Å². The standard InChI is InChI=1S/C17H21F2N3/c18-15-6-5-13(10-16(15)19)3-4-14-2-1-9-22(11-14)12-17-20-7-8-21-17/h5-8,10,14H,1-4,9,11-12H2,(H,20,21). The number of rotatable bonds is 5. The molecule has 1 saturated heterocycles. The lowest BCUT2D eigenvalue weighted by atomic mass is 9.91. The fraction of sp³-hybridized carbons (Fsp3) is 0.471. The lowest BCUT2D eigenvalue weighted by Crippen LogP contribution is -2.35. The van der Waals surface area contributed by atoms with Crippen molar-refractivity contribution < 1.29 is 8.78 Å². The van der Waals surface area contributed by atoms with Crippen LogP contribution in [0.1, 0.15) is 30.7 Å². The predicted molar refractivity (Wildman–Crippen MR) is 81.3 cm³/mol. The summed E-state index contributed by atoms with van der Waals surface area (Å²) in [5.74, 6) is 0.0877. The van der Waals surface area contributed by atoms with Crippen molar-refractivity contribution in [3.8, 4) is 0 Å². The Morgan fingerprint density at radius 3 is 2.95 bits per heavy atom. The zero-order valence-electron chi connectivity index (χ0n) is 12.6. The van der Waals surface area contributed by atoms with E-state index in [1.54, 1.807) is 12.3 Å². The summed E-state index contributed by atoms with van der Waals surface area (Å²) >= 11 is 0. The molecule has 3 nitrogen and oxygen atoms in total. The average Bonchev–Trinajstić information content (AvgIpc) is 3.02. The van der Waals surface area contributed by atoms with Gasteiger partial charge in [-0.25, -0.2) is 13.8 Å². The maximum atomic E-state index is 13.2. The van der Waals surface area contributed by atoms with E-state index in [0.29, 0.717) is 5.92 Å². The zero-order valence-corrected chi connectivity index (χ0v) is 12.6. The lowest BCUT2D eigenvalue weighted by molar-refractivity contribution is 0.159. The number of aromatic nitrogens is 2. The van der Waals surface area contributed by atoms with Crippen LogP contribution in [0, 0.1) is 17.6 Å². The van der Waals surface area contributed by atoms with Crippen LogP contribution in [0.4, 0.5) is 8.78 Å². The number of aromatic amines is 1. The Morgan fingerprint density at radius 2 is 2.18 bits per heavy atom. The number of hydrogen-bond donors (Lipinski definition) is 1. The van der Waals surface area contributed by atoms with Gasteiger partial charge in [0, 0.05) is 18.9 Å². The van der Waals surface area contributed by atoms with Gasteiger partial charge in [-0.2, -0.15) is 0 Å². The fourth-order valence-electron chi connectivity index (χ4n) is 3.19. The van der Waals surface area contributed by atoms with Crippen LogP contribution in [0.15, 0.2) is 30.6 Å². The third kappa shape index (κ3) is 3.91. The van der Waals surface area contributed by atoms with Crippen LogP contribution < -0.4 is 0 Å². The number of benzene rings is 1. The number of likely N-dealkylation sites (tertiary alicyclic amines) is 1. The van der Waals surface area contributed by atoms with E-state index in [1.165, 1.54) is 25.0 Å². The molecule has 5 heteroatoms. The highest BCUT2D eigenvalue weighted by Gasteiger charge is 2.20. The highest BCUT2D eigenvalue weighted by atomic mass is 19.2. The van der Waals surface area contributed by atoms with Gasteiger partial charge in [0.05, 0.1) is 6.54 Å². The minimum atomic E-state index is -0.772. The summed E-state index contributed by atoms with van der Waals surface area (Å²) in [6, 6.07) is 4.22. The molecule has 1 atom stereocenters. The quantitative estimate of drug-likeness (QED) is 0.916. The molecule has 0 radical (unpaired) electrons. The summed E-state index contributed by atoms with van der Waals surface area (Å²) in [6.07, 6.45) is 7.83. The minimum absolute atomic E-state index is 0.608. The Labute approximate surface area is 129 Å². The molecule has 22 heavy (non-hydrogen) atoms. The minimum Gasteiger partial charge on any atom is -0.348 e. The van der Waals surface area contributed by atoms with Gasteiger partial charge < -0.3 is 4.98 Å². The molecule has 1 N–H and O–H groups in total. The van der Waals surface area contributed by atoms with E-state index < -0.39 is 11.6 Å². The first-order valence-electron chi connectivity index (χ1n) is 7.85. The van der Waals surface area contributed by atoms with Gasteiger partial charge in [-0.1, -0.05) is 6.07 Å². The maximum absolute atomic E-state index is 13.2. The molecule has 0 aliphatic carbocycles. The fourth-order valence-corrected chi connectivity index (χ4v) is 3.19. The molecule has 1 fully saturated rings. The van der Waals surface area contributed by atoms with Crippen molar-refractivity contribution >= 4 is 0 Å². The molecule has 0 amide bonds. The number of aryl methyl sites for hydroxylation is 1. The second-order valence-corrected chi connectivity index (χ2v) is 6.07. The van der Waals surface area contributed by atoms with E-state index >= 15 is 0 Å². The second kappa shape index (κ2) is 7.01. The Bertz CT molecular complexity index is 598. The Hall–Kier alpha value is -1.75. The Kier molecular flexibility index (Phi) is 4.83. The van der Waals surface area contributed by atoms with Crippen LogP contribution in [0.5, 0.6) is 0 Å². The molecule has 0 spiro atoms. The van der Waals surface area contributed by atoms with Gasteiger partial charge in [-0.15, -0.1) is 0 Å². The third-order valence-electron chi connectivity index (χ3n) is 4.36. The highest BCUT2D eigenvalue weighted by Crippen LogP contribution is 2.23. The normalized spacial score (nSPS) is 19.5. The molecular weight excluding hydrogens is 284 g/mol. The number of H-pyrrole nitrogens is 1. The number of halogens is 2. The van der Waals surface area contributed by atoms with E-state index in [0.717, 1.165) is 43.9 Å². The van der Waals surface area contributed by atoms with Gasteiger partial charge in [0.25, 0.3) is 0 Å². The molecular formula is C17H21F2N3. The van der Waals surface area contributed by atoms with Crippen LogP contribution in [0.2, 0.25) is 0 Å². The van der Waals surface area contributed by atoms with Crippen molar-refractivity contribution in [1.29, 1.82) is 0 Å². The molecule has 1 unspecified atom stereocenters. The van der Waals surface area contributed by atoms with E-state index in [2.05, 4.69) is 14.9 Å². The molecule has 118 valence electrons. The van der Waals surface area contributed by atoms with E-state index in [9.17, 15) is 8.78 Å². The smallest absolute Gasteiger partial charge is 0.159 e. The summed E-state index contributed by atoms with van der Waals surface area (Å²) in [5, 5.41) is 0. The van der Waals surface area contributed by atoms with Crippen molar-refractivity contribution in [3.63, 3.8) is 0 Å². The SMILES string of the molecule is Fc1ccc(CCC2CCCN(Cc3ncc[nH]3)C2)cc1F. The van der Waals surface area contributed by atoms with Crippen molar-refractivity contribution in [3.05, 3.63) is 53.6 Å².